The van der Waals surface area contributed by atoms with Gasteiger partial charge >= 0.3 is 0 Å². The predicted octanol–water partition coefficient (Wildman–Crippen LogP) is 1.52. The highest BCUT2D eigenvalue weighted by atomic mass is 32.2. The lowest BCUT2D eigenvalue weighted by Gasteiger charge is -2.09. The third-order valence-electron chi connectivity index (χ3n) is 4.13. The van der Waals surface area contributed by atoms with E-state index in [9.17, 15) is 18.0 Å². The smallest absolute Gasteiger partial charge is 0.251 e. The maximum Gasteiger partial charge on any atom is 0.251 e. The molecule has 0 atom stereocenters. The van der Waals surface area contributed by atoms with Crippen molar-refractivity contribution in [2.45, 2.75) is 18.4 Å². The third kappa shape index (κ3) is 8.46. The summed E-state index contributed by atoms with van der Waals surface area (Å²) in [7, 11) is -2.13. The van der Waals surface area contributed by atoms with E-state index in [-0.39, 0.29) is 23.3 Å². The molecule has 0 fully saturated rings. The van der Waals surface area contributed by atoms with Crippen LogP contribution in [0.1, 0.15) is 22.8 Å². The number of ether oxygens (including phenoxy) is 2. The topological polar surface area (TPSA) is 123 Å². The van der Waals surface area contributed by atoms with Gasteiger partial charge in [-0.3, -0.25) is 9.59 Å². The second-order valence-corrected chi connectivity index (χ2v) is 8.36. The normalized spacial score (nSPS) is 11.2. The third-order valence-corrected chi connectivity index (χ3v) is 5.55. The number of nitrogens with one attached hydrogen (secondary N) is 3. The lowest BCUT2D eigenvalue weighted by atomic mass is 10.1. The lowest BCUT2D eigenvalue weighted by molar-refractivity contribution is -0.114. The number of benzene rings is 2. The van der Waals surface area contributed by atoms with Gasteiger partial charge in [0.15, 0.2) is 0 Å². The van der Waals surface area contributed by atoms with Crippen molar-refractivity contribution in [3.8, 4) is 0 Å². The standard InChI is InChI=1S/C21H27N3O6S/c1-16(25)24-19-7-9-20(10-8-19)31(27,28)23-15-17-3-5-18(6-4-17)21(26)22-11-12-30-14-13-29-2/h3-10,23H,11-15H2,1-2H3,(H,22,26)(H,24,25). The second kappa shape index (κ2) is 12.2. The van der Waals surface area contributed by atoms with Gasteiger partial charge in [0.2, 0.25) is 15.9 Å². The molecule has 10 heteroatoms. The number of hydrogen-bond donors (Lipinski definition) is 3. The van der Waals surface area contributed by atoms with Crippen molar-refractivity contribution in [2.75, 3.05) is 38.8 Å². The summed E-state index contributed by atoms with van der Waals surface area (Å²) in [6, 6.07) is 12.5. The van der Waals surface area contributed by atoms with Crippen LogP contribution in [-0.2, 0) is 30.8 Å². The number of carbonyl (C=O) groups is 2. The first-order chi connectivity index (χ1) is 14.8. The van der Waals surface area contributed by atoms with Crippen molar-refractivity contribution in [1.82, 2.24) is 10.0 Å². The van der Waals surface area contributed by atoms with Crippen molar-refractivity contribution < 1.29 is 27.5 Å². The SMILES string of the molecule is COCCOCCNC(=O)c1ccc(CNS(=O)(=O)c2ccc(NC(C)=O)cc2)cc1. The summed E-state index contributed by atoms with van der Waals surface area (Å²) in [5.41, 5.74) is 1.69. The van der Waals surface area contributed by atoms with Crippen LogP contribution in [0.4, 0.5) is 5.69 Å². The van der Waals surface area contributed by atoms with Crippen molar-refractivity contribution >= 4 is 27.5 Å². The Balaban J connectivity index is 1.84. The molecular formula is C21H27N3O6S. The van der Waals surface area contributed by atoms with Crippen LogP contribution >= 0.6 is 0 Å². The highest BCUT2D eigenvalue weighted by molar-refractivity contribution is 7.89. The summed E-state index contributed by atoms with van der Waals surface area (Å²) in [6.07, 6.45) is 0. The Morgan fingerprint density at radius 3 is 2.23 bits per heavy atom. The van der Waals surface area contributed by atoms with Gasteiger partial charge in [0.25, 0.3) is 5.91 Å². The zero-order chi connectivity index (χ0) is 22.7. The summed E-state index contributed by atoms with van der Waals surface area (Å²) in [6.45, 7) is 3.19. The number of methoxy groups -OCH3 is 1. The van der Waals surface area contributed by atoms with Gasteiger partial charge in [0.05, 0.1) is 24.7 Å². The van der Waals surface area contributed by atoms with E-state index in [2.05, 4.69) is 15.4 Å². The molecule has 0 unspecified atom stereocenters. The molecule has 0 saturated carbocycles. The van der Waals surface area contributed by atoms with Crippen molar-refractivity contribution in [2.24, 2.45) is 0 Å². The molecule has 0 spiro atoms. The highest BCUT2D eigenvalue weighted by Gasteiger charge is 2.14. The minimum Gasteiger partial charge on any atom is -0.382 e. The predicted molar refractivity (Wildman–Crippen MR) is 116 cm³/mol. The Hall–Kier alpha value is -2.79. The number of rotatable bonds is 12. The quantitative estimate of drug-likeness (QED) is 0.422. The Morgan fingerprint density at radius 1 is 0.935 bits per heavy atom. The molecule has 31 heavy (non-hydrogen) atoms. The molecule has 2 aromatic carbocycles. The molecule has 2 rings (SSSR count). The van der Waals surface area contributed by atoms with Crippen LogP contribution in [0.5, 0.6) is 0 Å². The van der Waals surface area contributed by atoms with Gasteiger partial charge in [-0.15, -0.1) is 0 Å². The first kappa shape index (κ1) is 24.5. The first-order valence-corrected chi connectivity index (χ1v) is 11.1. The van der Waals surface area contributed by atoms with Crippen molar-refractivity contribution in [1.29, 1.82) is 0 Å². The van der Waals surface area contributed by atoms with Gasteiger partial charge in [-0.2, -0.15) is 0 Å². The molecular weight excluding hydrogens is 422 g/mol. The van der Waals surface area contributed by atoms with Crippen LogP contribution in [0.15, 0.2) is 53.4 Å². The number of hydrogen-bond acceptors (Lipinski definition) is 6. The average Bonchev–Trinajstić information content (AvgIpc) is 2.75. The van der Waals surface area contributed by atoms with E-state index in [0.29, 0.717) is 43.2 Å². The highest BCUT2D eigenvalue weighted by Crippen LogP contribution is 2.14. The fraction of sp³-hybridized carbons (Fsp3) is 0.333. The molecule has 9 nitrogen and oxygen atoms in total. The second-order valence-electron chi connectivity index (χ2n) is 6.59. The zero-order valence-corrected chi connectivity index (χ0v) is 18.3. The molecule has 0 aromatic heterocycles. The Labute approximate surface area is 182 Å². The largest absolute Gasteiger partial charge is 0.382 e. The van der Waals surface area contributed by atoms with Gasteiger partial charge in [-0.25, -0.2) is 13.1 Å². The molecule has 0 bridgehead atoms. The maximum absolute atomic E-state index is 12.4. The minimum atomic E-state index is -3.72. The molecule has 2 amide bonds. The van der Waals surface area contributed by atoms with Crippen LogP contribution in [0.25, 0.3) is 0 Å². The van der Waals surface area contributed by atoms with E-state index in [1.54, 1.807) is 31.4 Å². The van der Waals surface area contributed by atoms with Crippen LogP contribution in [0.2, 0.25) is 0 Å². The van der Waals surface area contributed by atoms with Gasteiger partial charge in [0.1, 0.15) is 0 Å². The molecule has 0 aliphatic carbocycles. The van der Waals surface area contributed by atoms with Gasteiger partial charge in [-0.1, -0.05) is 12.1 Å². The summed E-state index contributed by atoms with van der Waals surface area (Å²) in [5, 5.41) is 5.33. The van der Waals surface area contributed by atoms with E-state index < -0.39 is 10.0 Å². The number of anilines is 1. The van der Waals surface area contributed by atoms with Crippen molar-refractivity contribution in [3.63, 3.8) is 0 Å². The molecule has 3 N–H and O–H groups in total. The van der Waals surface area contributed by atoms with E-state index in [1.807, 2.05) is 0 Å². The lowest BCUT2D eigenvalue weighted by Crippen LogP contribution is -2.27. The van der Waals surface area contributed by atoms with Crippen LogP contribution < -0.4 is 15.4 Å². The van der Waals surface area contributed by atoms with Crippen LogP contribution in [0, 0.1) is 0 Å². The monoisotopic (exact) mass is 449 g/mol. The van der Waals surface area contributed by atoms with E-state index in [0.717, 1.165) is 0 Å². The van der Waals surface area contributed by atoms with Crippen LogP contribution in [0.3, 0.4) is 0 Å². The van der Waals surface area contributed by atoms with Gasteiger partial charge < -0.3 is 20.1 Å². The molecule has 0 aliphatic rings. The minimum absolute atomic E-state index is 0.0744. The summed E-state index contributed by atoms with van der Waals surface area (Å²) in [4.78, 5) is 23.2. The number of amides is 2. The Morgan fingerprint density at radius 2 is 1.61 bits per heavy atom. The van der Waals surface area contributed by atoms with E-state index in [1.165, 1.54) is 31.2 Å². The van der Waals surface area contributed by atoms with E-state index in [4.69, 9.17) is 9.47 Å². The summed E-state index contributed by atoms with van der Waals surface area (Å²) >= 11 is 0. The molecule has 0 radical (unpaired) electrons. The molecule has 0 heterocycles. The number of carbonyl (C=O) groups excluding carboxylic acids is 2. The van der Waals surface area contributed by atoms with Crippen LogP contribution in [-0.4, -0.2) is 53.7 Å². The van der Waals surface area contributed by atoms with E-state index >= 15 is 0 Å². The summed E-state index contributed by atoms with van der Waals surface area (Å²) < 4.78 is 37.5. The molecule has 168 valence electrons. The van der Waals surface area contributed by atoms with Gasteiger partial charge in [-0.05, 0) is 42.0 Å². The fourth-order valence-corrected chi connectivity index (χ4v) is 3.56. The fourth-order valence-electron chi connectivity index (χ4n) is 2.54. The zero-order valence-electron chi connectivity index (χ0n) is 17.5. The Bertz CT molecular complexity index is 960. The average molecular weight is 450 g/mol. The molecule has 0 aliphatic heterocycles. The first-order valence-electron chi connectivity index (χ1n) is 9.63. The number of sulfonamides is 1. The Kier molecular flexibility index (Phi) is 9.60. The van der Waals surface area contributed by atoms with Crippen molar-refractivity contribution in [3.05, 3.63) is 59.7 Å². The summed E-state index contributed by atoms with van der Waals surface area (Å²) in [5.74, 6) is -0.469. The maximum atomic E-state index is 12.4. The molecule has 2 aromatic rings. The van der Waals surface area contributed by atoms with Gasteiger partial charge in [0, 0.05) is 38.4 Å². The molecule has 0 saturated heterocycles.